The highest BCUT2D eigenvalue weighted by molar-refractivity contribution is 5.84. The summed E-state index contributed by atoms with van der Waals surface area (Å²) in [5, 5.41) is 9.10. The van der Waals surface area contributed by atoms with Crippen LogP contribution in [-0.4, -0.2) is 54.6 Å². The van der Waals surface area contributed by atoms with Gasteiger partial charge in [-0.3, -0.25) is 14.5 Å². The third-order valence-electron chi connectivity index (χ3n) is 2.29. The number of carbonyl (C=O) groups is 2. The van der Waals surface area contributed by atoms with Crippen molar-refractivity contribution in [2.24, 2.45) is 0 Å². The topological polar surface area (TPSA) is 66.8 Å². The van der Waals surface area contributed by atoms with Crippen molar-refractivity contribution in [1.82, 2.24) is 4.90 Å². The number of aliphatic hydroxyl groups excluding tert-OH is 1. The van der Waals surface area contributed by atoms with Crippen LogP contribution in [0.4, 0.5) is 0 Å². The number of likely N-dealkylation sites (N-methyl/N-ethyl adjacent to an activating group) is 1. The number of ketones is 1. The van der Waals surface area contributed by atoms with E-state index in [-0.39, 0.29) is 30.7 Å². The molecule has 1 N–H and O–H groups in total. The van der Waals surface area contributed by atoms with Crippen LogP contribution in [-0.2, 0) is 14.3 Å². The standard InChI is InChI=1S/C12H23NO4/c1-4-17-12(16)6-5-11(15)9-13(3)8-7-10(2)14/h10,14H,4-9H2,1-3H3. The molecule has 100 valence electrons. The maximum atomic E-state index is 11.5. The molecule has 0 aromatic heterocycles. The van der Waals surface area contributed by atoms with E-state index in [1.165, 1.54) is 0 Å². The highest BCUT2D eigenvalue weighted by Gasteiger charge is 2.10. The predicted molar refractivity (Wildman–Crippen MR) is 64.7 cm³/mol. The zero-order valence-electron chi connectivity index (χ0n) is 10.9. The van der Waals surface area contributed by atoms with Crippen molar-refractivity contribution in [2.45, 2.75) is 39.2 Å². The molecule has 0 aliphatic rings. The lowest BCUT2D eigenvalue weighted by atomic mass is 10.2. The van der Waals surface area contributed by atoms with Crippen molar-refractivity contribution in [2.75, 3.05) is 26.7 Å². The summed E-state index contributed by atoms with van der Waals surface area (Å²) in [5.74, 6) is -0.307. The molecule has 0 fully saturated rings. The molecule has 5 heteroatoms. The minimum absolute atomic E-state index is 0.0196. The van der Waals surface area contributed by atoms with Gasteiger partial charge in [0.2, 0.25) is 0 Å². The van der Waals surface area contributed by atoms with Gasteiger partial charge in [-0.2, -0.15) is 0 Å². The first kappa shape index (κ1) is 16.1. The molecule has 0 rings (SSSR count). The van der Waals surface area contributed by atoms with Gasteiger partial charge in [-0.05, 0) is 27.3 Å². The first-order valence-corrected chi connectivity index (χ1v) is 5.99. The maximum absolute atomic E-state index is 11.5. The molecule has 0 spiro atoms. The Morgan fingerprint density at radius 2 is 2.00 bits per heavy atom. The normalized spacial score (nSPS) is 12.5. The van der Waals surface area contributed by atoms with Crippen LogP contribution in [0, 0.1) is 0 Å². The van der Waals surface area contributed by atoms with Crippen LogP contribution in [0.5, 0.6) is 0 Å². The molecule has 1 unspecified atom stereocenters. The van der Waals surface area contributed by atoms with Gasteiger partial charge in [0, 0.05) is 13.0 Å². The highest BCUT2D eigenvalue weighted by atomic mass is 16.5. The van der Waals surface area contributed by atoms with Gasteiger partial charge in [0.25, 0.3) is 0 Å². The van der Waals surface area contributed by atoms with Crippen molar-refractivity contribution >= 4 is 11.8 Å². The van der Waals surface area contributed by atoms with Crippen molar-refractivity contribution in [3.05, 3.63) is 0 Å². The minimum atomic E-state index is -0.355. The number of carbonyl (C=O) groups excluding carboxylic acids is 2. The van der Waals surface area contributed by atoms with E-state index >= 15 is 0 Å². The number of nitrogens with zero attached hydrogens (tertiary/aromatic N) is 1. The molecule has 5 nitrogen and oxygen atoms in total. The number of esters is 1. The van der Waals surface area contributed by atoms with Gasteiger partial charge in [-0.1, -0.05) is 0 Å². The smallest absolute Gasteiger partial charge is 0.306 e. The minimum Gasteiger partial charge on any atom is -0.466 e. The Hall–Kier alpha value is -0.940. The Bertz CT molecular complexity index is 241. The zero-order chi connectivity index (χ0) is 13.3. The summed E-state index contributed by atoms with van der Waals surface area (Å²) in [7, 11) is 1.82. The molecule has 0 aromatic carbocycles. The Labute approximate surface area is 103 Å². The van der Waals surface area contributed by atoms with Crippen LogP contribution in [0.15, 0.2) is 0 Å². The second-order valence-electron chi connectivity index (χ2n) is 4.22. The van der Waals surface area contributed by atoms with Crippen LogP contribution >= 0.6 is 0 Å². The largest absolute Gasteiger partial charge is 0.466 e. The van der Waals surface area contributed by atoms with E-state index in [1.54, 1.807) is 13.8 Å². The van der Waals surface area contributed by atoms with E-state index in [0.29, 0.717) is 26.1 Å². The SMILES string of the molecule is CCOC(=O)CCC(=O)CN(C)CCC(C)O. The first-order valence-electron chi connectivity index (χ1n) is 5.99. The zero-order valence-corrected chi connectivity index (χ0v) is 10.9. The molecule has 17 heavy (non-hydrogen) atoms. The van der Waals surface area contributed by atoms with Gasteiger partial charge in [0.15, 0.2) is 0 Å². The summed E-state index contributed by atoms with van der Waals surface area (Å²) < 4.78 is 4.74. The fraction of sp³-hybridized carbons (Fsp3) is 0.833. The van der Waals surface area contributed by atoms with Crippen LogP contribution in [0.3, 0.4) is 0 Å². The molecular weight excluding hydrogens is 222 g/mol. The number of aliphatic hydroxyl groups is 1. The van der Waals surface area contributed by atoms with E-state index < -0.39 is 0 Å². The van der Waals surface area contributed by atoms with Crippen LogP contribution in [0.2, 0.25) is 0 Å². The highest BCUT2D eigenvalue weighted by Crippen LogP contribution is 1.98. The molecule has 0 saturated carbocycles. The van der Waals surface area contributed by atoms with Crippen molar-refractivity contribution in [1.29, 1.82) is 0 Å². The fourth-order valence-electron chi connectivity index (χ4n) is 1.34. The second kappa shape index (κ2) is 9.13. The number of ether oxygens (including phenoxy) is 1. The Balaban J connectivity index is 3.67. The van der Waals surface area contributed by atoms with Gasteiger partial charge >= 0.3 is 5.97 Å². The lowest BCUT2D eigenvalue weighted by molar-refractivity contribution is -0.144. The summed E-state index contributed by atoms with van der Waals surface area (Å²) in [6.07, 6.45) is 0.656. The van der Waals surface area contributed by atoms with Gasteiger partial charge in [-0.25, -0.2) is 0 Å². The average molecular weight is 245 g/mol. The maximum Gasteiger partial charge on any atom is 0.306 e. The molecule has 0 heterocycles. The Morgan fingerprint density at radius 1 is 1.35 bits per heavy atom. The lowest BCUT2D eigenvalue weighted by Gasteiger charge is -2.16. The second-order valence-corrected chi connectivity index (χ2v) is 4.22. The molecule has 1 atom stereocenters. The quantitative estimate of drug-likeness (QED) is 0.603. The summed E-state index contributed by atoms with van der Waals surface area (Å²) >= 11 is 0. The van der Waals surface area contributed by atoms with Crippen molar-refractivity contribution in [3.63, 3.8) is 0 Å². The number of hydrogen-bond acceptors (Lipinski definition) is 5. The number of rotatable bonds is 9. The van der Waals surface area contributed by atoms with E-state index in [1.807, 2.05) is 11.9 Å². The molecule has 0 amide bonds. The van der Waals surface area contributed by atoms with E-state index in [0.717, 1.165) is 0 Å². The van der Waals surface area contributed by atoms with Crippen LogP contribution in [0.1, 0.15) is 33.1 Å². The molecule has 0 radical (unpaired) electrons. The van der Waals surface area contributed by atoms with Crippen molar-refractivity contribution in [3.8, 4) is 0 Å². The predicted octanol–water partition coefficient (Wildman–Crippen LogP) is 0.602. The average Bonchev–Trinajstić information content (AvgIpc) is 2.24. The lowest BCUT2D eigenvalue weighted by Crippen LogP contribution is -2.28. The van der Waals surface area contributed by atoms with Gasteiger partial charge < -0.3 is 9.84 Å². The first-order chi connectivity index (χ1) is 7.95. The van der Waals surface area contributed by atoms with E-state index in [9.17, 15) is 9.59 Å². The van der Waals surface area contributed by atoms with Crippen molar-refractivity contribution < 1.29 is 19.4 Å². The Morgan fingerprint density at radius 3 is 2.53 bits per heavy atom. The molecule has 0 aliphatic carbocycles. The summed E-state index contributed by atoms with van der Waals surface area (Å²) in [4.78, 5) is 24.4. The molecule has 0 bridgehead atoms. The monoisotopic (exact) mass is 245 g/mol. The third kappa shape index (κ3) is 9.96. The van der Waals surface area contributed by atoms with E-state index in [2.05, 4.69) is 0 Å². The number of Topliss-reactive ketones (excluding diaryl/α,β-unsaturated/α-hetero) is 1. The fourth-order valence-corrected chi connectivity index (χ4v) is 1.34. The van der Waals surface area contributed by atoms with Crippen LogP contribution in [0.25, 0.3) is 0 Å². The molecule has 0 saturated heterocycles. The molecule has 0 aliphatic heterocycles. The Kier molecular flexibility index (Phi) is 8.62. The molecular formula is C12H23NO4. The van der Waals surface area contributed by atoms with Gasteiger partial charge in [-0.15, -0.1) is 0 Å². The number of hydrogen-bond donors (Lipinski definition) is 1. The van der Waals surface area contributed by atoms with Gasteiger partial charge in [0.05, 0.1) is 25.7 Å². The van der Waals surface area contributed by atoms with Gasteiger partial charge in [0.1, 0.15) is 5.78 Å². The third-order valence-corrected chi connectivity index (χ3v) is 2.29. The molecule has 0 aromatic rings. The van der Waals surface area contributed by atoms with Crippen LogP contribution < -0.4 is 0 Å². The summed E-state index contributed by atoms with van der Waals surface area (Å²) in [6.45, 7) is 4.79. The summed E-state index contributed by atoms with van der Waals surface area (Å²) in [6, 6.07) is 0. The summed E-state index contributed by atoms with van der Waals surface area (Å²) in [5.41, 5.74) is 0. The van der Waals surface area contributed by atoms with E-state index in [4.69, 9.17) is 9.84 Å².